The number of nitrogens with one attached hydrogen (secondary N) is 1. The van der Waals surface area contributed by atoms with Crippen LogP contribution in [0.25, 0.3) is 6.08 Å². The molecule has 178 valence electrons. The predicted octanol–water partition coefficient (Wildman–Crippen LogP) is 4.86. The molecular weight excluding hydrogens is 468 g/mol. The number of halogens is 1. The van der Waals surface area contributed by atoms with Crippen molar-refractivity contribution in [3.8, 4) is 0 Å². The van der Waals surface area contributed by atoms with Crippen LogP contribution >= 0.6 is 11.6 Å². The average Bonchev–Trinajstić information content (AvgIpc) is 2.88. The normalized spacial score (nSPS) is 13.6. The lowest BCUT2D eigenvalue weighted by Gasteiger charge is -2.36. The highest BCUT2D eigenvalue weighted by atomic mass is 35.5. The lowest BCUT2D eigenvalue weighted by Crippen LogP contribution is -2.48. The molecule has 1 saturated heterocycles. The van der Waals surface area contributed by atoms with Crippen molar-refractivity contribution < 1.29 is 14.5 Å². The number of nitro benzene ring substituents is 1. The molecule has 1 N–H and O–H groups in total. The number of piperazine rings is 1. The summed E-state index contributed by atoms with van der Waals surface area (Å²) in [6.07, 6.45) is 2.82. The molecule has 0 atom stereocenters. The maximum Gasteiger partial charge on any atom is 0.270 e. The summed E-state index contributed by atoms with van der Waals surface area (Å²) in [5, 5.41) is 14.1. The molecule has 2 amide bonds. The maximum absolute atomic E-state index is 12.7. The van der Waals surface area contributed by atoms with Gasteiger partial charge in [-0.1, -0.05) is 41.9 Å². The number of nitro groups is 1. The van der Waals surface area contributed by atoms with E-state index in [1.807, 2.05) is 41.3 Å². The van der Waals surface area contributed by atoms with E-state index in [9.17, 15) is 19.7 Å². The van der Waals surface area contributed by atoms with Crippen LogP contribution in [0.4, 0.5) is 17.1 Å². The Morgan fingerprint density at radius 3 is 2.37 bits per heavy atom. The summed E-state index contributed by atoms with van der Waals surface area (Å²) in [6.45, 7) is 2.47. The van der Waals surface area contributed by atoms with Crippen LogP contribution in [0.1, 0.15) is 15.9 Å². The van der Waals surface area contributed by atoms with Crippen LogP contribution in [0.15, 0.2) is 78.9 Å². The van der Waals surface area contributed by atoms with Crippen LogP contribution in [0.3, 0.4) is 0 Å². The molecule has 1 aliphatic heterocycles. The van der Waals surface area contributed by atoms with E-state index in [0.717, 1.165) is 5.69 Å². The van der Waals surface area contributed by atoms with Crippen molar-refractivity contribution in [1.29, 1.82) is 0 Å². The molecule has 8 nitrogen and oxygen atoms in total. The fraction of sp³-hybridized carbons (Fsp3) is 0.154. The standard InChI is InChI=1S/C26H23ClN4O4/c27-23-18-21(28-25(32)12-9-19-5-4-8-22(17-19)31(34)35)10-11-24(23)29-13-15-30(16-14-29)26(33)20-6-2-1-3-7-20/h1-12,17-18H,13-16H2,(H,28,32)/b12-9+. The number of carbonyl (C=O) groups is 2. The first-order valence-corrected chi connectivity index (χ1v) is 11.4. The Balaban J connectivity index is 1.34. The number of rotatable bonds is 6. The first-order valence-electron chi connectivity index (χ1n) is 11.0. The zero-order valence-electron chi connectivity index (χ0n) is 18.8. The van der Waals surface area contributed by atoms with Crippen LogP contribution in [-0.2, 0) is 4.79 Å². The quantitative estimate of drug-likeness (QED) is 0.302. The van der Waals surface area contributed by atoms with Crippen molar-refractivity contribution in [3.63, 3.8) is 0 Å². The molecule has 1 heterocycles. The molecule has 0 aromatic heterocycles. The second kappa shape index (κ2) is 10.8. The van der Waals surface area contributed by atoms with Gasteiger partial charge in [0.05, 0.1) is 15.6 Å². The van der Waals surface area contributed by atoms with Gasteiger partial charge >= 0.3 is 0 Å². The third-order valence-corrected chi connectivity index (χ3v) is 5.95. The minimum absolute atomic E-state index is 0.0209. The van der Waals surface area contributed by atoms with E-state index in [4.69, 9.17) is 11.6 Å². The Hall–Kier alpha value is -4.17. The zero-order valence-corrected chi connectivity index (χ0v) is 19.5. The van der Waals surface area contributed by atoms with Crippen molar-refractivity contribution in [3.05, 3.63) is 105 Å². The highest BCUT2D eigenvalue weighted by molar-refractivity contribution is 6.33. The van der Waals surface area contributed by atoms with Gasteiger partial charge in [0.1, 0.15) is 0 Å². The van der Waals surface area contributed by atoms with Crippen LogP contribution in [0.2, 0.25) is 5.02 Å². The van der Waals surface area contributed by atoms with E-state index in [1.54, 1.807) is 24.3 Å². The lowest BCUT2D eigenvalue weighted by atomic mass is 10.1. The van der Waals surface area contributed by atoms with Gasteiger partial charge < -0.3 is 15.1 Å². The number of anilines is 2. The van der Waals surface area contributed by atoms with Gasteiger partial charge in [0.2, 0.25) is 5.91 Å². The Bertz CT molecular complexity index is 1270. The second-order valence-electron chi connectivity index (χ2n) is 7.99. The molecule has 3 aromatic rings. The van der Waals surface area contributed by atoms with Crippen molar-refractivity contribution in [2.45, 2.75) is 0 Å². The van der Waals surface area contributed by atoms with Crippen LogP contribution in [0, 0.1) is 10.1 Å². The van der Waals surface area contributed by atoms with Gasteiger partial charge in [-0.2, -0.15) is 0 Å². The fourth-order valence-corrected chi connectivity index (χ4v) is 4.15. The highest BCUT2D eigenvalue weighted by Gasteiger charge is 2.23. The molecule has 0 spiro atoms. The Labute approximate surface area is 207 Å². The van der Waals surface area contributed by atoms with Gasteiger partial charge in [-0.25, -0.2) is 0 Å². The van der Waals surface area contributed by atoms with E-state index in [0.29, 0.717) is 48.0 Å². The summed E-state index contributed by atoms with van der Waals surface area (Å²) < 4.78 is 0. The van der Waals surface area contributed by atoms with Crippen molar-refractivity contribution >= 4 is 46.6 Å². The number of benzene rings is 3. The summed E-state index contributed by atoms with van der Waals surface area (Å²) in [4.78, 5) is 39.3. The van der Waals surface area contributed by atoms with Crippen molar-refractivity contribution in [2.75, 3.05) is 36.4 Å². The molecular formula is C26H23ClN4O4. The van der Waals surface area contributed by atoms with Gasteiger partial charge in [-0.15, -0.1) is 0 Å². The molecule has 3 aromatic carbocycles. The minimum Gasteiger partial charge on any atom is -0.367 e. The maximum atomic E-state index is 12.7. The number of carbonyl (C=O) groups excluding carboxylic acids is 2. The Morgan fingerprint density at radius 2 is 1.69 bits per heavy atom. The monoisotopic (exact) mass is 490 g/mol. The third-order valence-electron chi connectivity index (χ3n) is 5.65. The van der Waals surface area contributed by atoms with Crippen molar-refractivity contribution in [2.24, 2.45) is 0 Å². The molecule has 35 heavy (non-hydrogen) atoms. The van der Waals surface area contributed by atoms with E-state index >= 15 is 0 Å². The van der Waals surface area contributed by atoms with Gasteiger partial charge in [-0.3, -0.25) is 19.7 Å². The SMILES string of the molecule is O=C(/C=C/c1cccc([N+](=O)[O-])c1)Nc1ccc(N2CCN(C(=O)c3ccccc3)CC2)c(Cl)c1. The largest absolute Gasteiger partial charge is 0.367 e. The molecule has 0 unspecified atom stereocenters. The number of amides is 2. The van der Waals surface area contributed by atoms with E-state index < -0.39 is 4.92 Å². The number of hydrogen-bond acceptors (Lipinski definition) is 5. The van der Waals surface area contributed by atoms with E-state index in [1.165, 1.54) is 24.3 Å². The van der Waals surface area contributed by atoms with Crippen LogP contribution in [0.5, 0.6) is 0 Å². The lowest BCUT2D eigenvalue weighted by molar-refractivity contribution is -0.384. The zero-order chi connectivity index (χ0) is 24.8. The molecule has 0 radical (unpaired) electrons. The summed E-state index contributed by atoms with van der Waals surface area (Å²) in [7, 11) is 0. The Morgan fingerprint density at radius 1 is 0.943 bits per heavy atom. The summed E-state index contributed by atoms with van der Waals surface area (Å²) >= 11 is 6.51. The summed E-state index contributed by atoms with van der Waals surface area (Å²) in [6, 6.07) is 20.5. The molecule has 1 fully saturated rings. The first-order chi connectivity index (χ1) is 16.9. The molecule has 4 rings (SSSR count). The van der Waals surface area contributed by atoms with Gasteiger partial charge in [0.25, 0.3) is 11.6 Å². The first kappa shape index (κ1) is 24.0. The topological polar surface area (TPSA) is 95.8 Å². The highest BCUT2D eigenvalue weighted by Crippen LogP contribution is 2.30. The van der Waals surface area contributed by atoms with Crippen molar-refractivity contribution in [1.82, 2.24) is 4.90 Å². The van der Waals surface area contributed by atoms with E-state index in [-0.39, 0.29) is 17.5 Å². The molecule has 0 saturated carbocycles. The number of nitrogens with zero attached hydrogens (tertiary/aromatic N) is 3. The molecule has 0 bridgehead atoms. The van der Waals surface area contributed by atoms with Gasteiger partial charge in [0.15, 0.2) is 0 Å². The number of hydrogen-bond donors (Lipinski definition) is 1. The average molecular weight is 491 g/mol. The van der Waals surface area contributed by atoms with Crippen LogP contribution < -0.4 is 10.2 Å². The number of non-ortho nitro benzene ring substituents is 1. The molecule has 0 aliphatic carbocycles. The summed E-state index contributed by atoms with van der Waals surface area (Å²) in [5.41, 5.74) is 2.56. The second-order valence-corrected chi connectivity index (χ2v) is 8.39. The van der Waals surface area contributed by atoms with E-state index in [2.05, 4.69) is 10.2 Å². The summed E-state index contributed by atoms with van der Waals surface area (Å²) in [5.74, 6) is -0.360. The molecule has 1 aliphatic rings. The molecule has 9 heteroatoms. The fourth-order valence-electron chi connectivity index (χ4n) is 3.85. The third kappa shape index (κ3) is 6.04. The van der Waals surface area contributed by atoms with Gasteiger partial charge in [0, 0.05) is 55.6 Å². The smallest absolute Gasteiger partial charge is 0.270 e. The van der Waals surface area contributed by atoms with Crippen LogP contribution in [-0.4, -0.2) is 47.8 Å². The predicted molar refractivity (Wildman–Crippen MR) is 137 cm³/mol. The minimum atomic E-state index is -0.484. The van der Waals surface area contributed by atoms with Gasteiger partial charge in [-0.05, 0) is 42.0 Å². The Kier molecular flexibility index (Phi) is 7.42.